The first kappa shape index (κ1) is 20.5. The third kappa shape index (κ3) is 4.51. The first-order valence-electron chi connectivity index (χ1n) is 9.43. The summed E-state index contributed by atoms with van der Waals surface area (Å²) in [5.41, 5.74) is 1.34. The first-order chi connectivity index (χ1) is 14.3. The summed E-state index contributed by atoms with van der Waals surface area (Å²) in [6.07, 6.45) is -2.96. The van der Waals surface area contributed by atoms with Gasteiger partial charge in [0.2, 0.25) is 5.91 Å². The van der Waals surface area contributed by atoms with E-state index >= 15 is 0 Å². The number of aryl methyl sites for hydroxylation is 2. The van der Waals surface area contributed by atoms with Crippen molar-refractivity contribution in [1.29, 1.82) is 0 Å². The molecule has 1 aromatic carbocycles. The number of nitrogens with zero attached hydrogens (tertiary/aromatic N) is 4. The number of aromatic nitrogens is 3. The maximum Gasteiger partial charge on any atom is 0.416 e. The minimum absolute atomic E-state index is 0.0201. The van der Waals surface area contributed by atoms with Crippen LogP contribution in [0.15, 0.2) is 40.9 Å². The van der Waals surface area contributed by atoms with E-state index < -0.39 is 11.7 Å². The average Bonchev–Trinajstić information content (AvgIpc) is 3.25. The lowest BCUT2D eigenvalue weighted by Crippen LogP contribution is -2.30. The van der Waals surface area contributed by atoms with Gasteiger partial charge in [-0.05, 0) is 24.6 Å². The molecule has 4 rings (SSSR count). The van der Waals surface area contributed by atoms with E-state index in [9.17, 15) is 18.0 Å². The van der Waals surface area contributed by atoms with Crippen molar-refractivity contribution in [3.63, 3.8) is 0 Å². The summed E-state index contributed by atoms with van der Waals surface area (Å²) in [4.78, 5) is 14.4. The molecule has 0 saturated carbocycles. The summed E-state index contributed by atoms with van der Waals surface area (Å²) in [7, 11) is 0. The number of hydrogen-bond acceptors (Lipinski definition) is 4. The van der Waals surface area contributed by atoms with Gasteiger partial charge >= 0.3 is 6.18 Å². The summed E-state index contributed by atoms with van der Waals surface area (Å²) < 4.78 is 45.2. The Balaban J connectivity index is 1.45. The van der Waals surface area contributed by atoms with Crippen molar-refractivity contribution < 1.29 is 22.5 Å². The summed E-state index contributed by atoms with van der Waals surface area (Å²) in [6, 6.07) is 8.33. The van der Waals surface area contributed by atoms with Crippen LogP contribution in [0.2, 0.25) is 5.15 Å². The number of amides is 1. The van der Waals surface area contributed by atoms with Crippen LogP contribution in [0, 0.1) is 0 Å². The standard InChI is InChI=1S/C20H18ClF3N4O2/c21-18-11-16(30-26-18)6-7-19(29)27-8-1-9-28-15(12-27)10-17(25-28)13-2-4-14(5-3-13)20(22,23)24/h2-5,10-11H,1,6-9,12H2. The van der Waals surface area contributed by atoms with Crippen LogP contribution in [-0.4, -0.2) is 32.3 Å². The highest BCUT2D eigenvalue weighted by molar-refractivity contribution is 6.29. The highest BCUT2D eigenvalue weighted by Gasteiger charge is 2.30. The lowest BCUT2D eigenvalue weighted by Gasteiger charge is -2.19. The maximum atomic E-state index is 12.8. The number of hydrogen-bond donors (Lipinski definition) is 0. The van der Waals surface area contributed by atoms with E-state index in [4.69, 9.17) is 16.1 Å². The van der Waals surface area contributed by atoms with Crippen LogP contribution < -0.4 is 0 Å². The lowest BCUT2D eigenvalue weighted by molar-refractivity contribution is -0.137. The molecule has 0 radical (unpaired) electrons. The quantitative estimate of drug-likeness (QED) is 0.598. The van der Waals surface area contributed by atoms with Crippen molar-refractivity contribution in [2.24, 2.45) is 0 Å². The minimum atomic E-state index is -4.37. The fourth-order valence-corrected chi connectivity index (χ4v) is 3.60. The van der Waals surface area contributed by atoms with E-state index in [1.165, 1.54) is 12.1 Å². The number of carbonyl (C=O) groups is 1. The fourth-order valence-electron chi connectivity index (χ4n) is 3.44. The van der Waals surface area contributed by atoms with E-state index in [0.717, 1.165) is 24.2 Å². The summed E-state index contributed by atoms with van der Waals surface area (Å²) in [5, 5.41) is 8.37. The molecule has 6 nitrogen and oxygen atoms in total. The summed E-state index contributed by atoms with van der Waals surface area (Å²) in [6.45, 7) is 1.63. The van der Waals surface area contributed by atoms with E-state index in [1.807, 2.05) is 10.7 Å². The molecule has 2 aromatic heterocycles. The Morgan fingerprint density at radius 1 is 1.17 bits per heavy atom. The van der Waals surface area contributed by atoms with Gasteiger partial charge in [-0.15, -0.1) is 0 Å². The zero-order valence-corrected chi connectivity index (χ0v) is 16.6. The minimum Gasteiger partial charge on any atom is -0.360 e. The van der Waals surface area contributed by atoms with Crippen molar-refractivity contribution in [2.45, 2.75) is 38.5 Å². The molecular weight excluding hydrogens is 421 g/mol. The van der Waals surface area contributed by atoms with E-state index in [-0.39, 0.29) is 17.5 Å². The lowest BCUT2D eigenvalue weighted by atomic mass is 10.1. The molecule has 30 heavy (non-hydrogen) atoms. The largest absolute Gasteiger partial charge is 0.416 e. The van der Waals surface area contributed by atoms with E-state index in [0.29, 0.717) is 43.1 Å². The monoisotopic (exact) mass is 438 g/mol. The molecule has 0 atom stereocenters. The Morgan fingerprint density at radius 2 is 1.93 bits per heavy atom. The van der Waals surface area contributed by atoms with Gasteiger partial charge in [-0.2, -0.15) is 18.3 Å². The molecule has 0 bridgehead atoms. The molecule has 1 aliphatic rings. The van der Waals surface area contributed by atoms with Gasteiger partial charge in [0.25, 0.3) is 0 Å². The van der Waals surface area contributed by atoms with Crippen molar-refractivity contribution in [1.82, 2.24) is 19.8 Å². The fraction of sp³-hybridized carbons (Fsp3) is 0.350. The predicted octanol–water partition coefficient (Wildman–Crippen LogP) is 4.58. The average molecular weight is 439 g/mol. The zero-order chi connectivity index (χ0) is 21.3. The molecule has 0 saturated heterocycles. The van der Waals surface area contributed by atoms with Crippen LogP contribution in [0.25, 0.3) is 11.3 Å². The van der Waals surface area contributed by atoms with E-state index in [2.05, 4.69) is 10.3 Å². The Kier molecular flexibility index (Phi) is 5.55. The smallest absolute Gasteiger partial charge is 0.360 e. The second-order valence-electron chi connectivity index (χ2n) is 7.10. The topological polar surface area (TPSA) is 64.2 Å². The first-order valence-corrected chi connectivity index (χ1v) is 9.80. The van der Waals surface area contributed by atoms with Gasteiger partial charge in [0.1, 0.15) is 5.76 Å². The van der Waals surface area contributed by atoms with Crippen LogP contribution in [0.5, 0.6) is 0 Å². The molecule has 10 heteroatoms. The SMILES string of the molecule is O=C(CCc1cc(Cl)no1)N1CCCn2nc(-c3ccc(C(F)(F)F)cc3)cc2C1. The van der Waals surface area contributed by atoms with Gasteiger partial charge in [-0.3, -0.25) is 9.48 Å². The summed E-state index contributed by atoms with van der Waals surface area (Å²) in [5.74, 6) is 0.533. The molecule has 0 unspecified atom stereocenters. The Bertz CT molecular complexity index is 1040. The second-order valence-corrected chi connectivity index (χ2v) is 7.49. The van der Waals surface area contributed by atoms with Crippen LogP contribution in [-0.2, 0) is 30.5 Å². The molecule has 0 fully saturated rings. The molecule has 158 valence electrons. The third-order valence-electron chi connectivity index (χ3n) is 4.99. The number of fused-ring (bicyclic) bond motifs is 1. The van der Waals surface area contributed by atoms with Crippen LogP contribution in [0.4, 0.5) is 13.2 Å². The van der Waals surface area contributed by atoms with Gasteiger partial charge in [-0.1, -0.05) is 28.9 Å². The Labute approximate surface area is 175 Å². The number of carbonyl (C=O) groups excluding carboxylic acids is 1. The maximum absolute atomic E-state index is 12.8. The van der Waals surface area contributed by atoms with Gasteiger partial charge in [0.15, 0.2) is 5.15 Å². The highest BCUT2D eigenvalue weighted by Crippen LogP contribution is 2.31. The van der Waals surface area contributed by atoms with Gasteiger partial charge in [-0.25, -0.2) is 0 Å². The molecule has 1 aliphatic heterocycles. The molecule has 0 N–H and O–H groups in total. The Morgan fingerprint density at radius 3 is 2.60 bits per heavy atom. The summed E-state index contributed by atoms with van der Waals surface area (Å²) >= 11 is 5.72. The van der Waals surface area contributed by atoms with Crippen LogP contribution in [0.1, 0.15) is 29.9 Å². The van der Waals surface area contributed by atoms with Crippen LogP contribution in [0.3, 0.4) is 0 Å². The molecule has 0 aliphatic carbocycles. The highest BCUT2D eigenvalue weighted by atomic mass is 35.5. The predicted molar refractivity (Wildman–Crippen MR) is 103 cm³/mol. The normalized spacial score (nSPS) is 14.5. The third-order valence-corrected chi connectivity index (χ3v) is 5.17. The van der Waals surface area contributed by atoms with Gasteiger partial charge < -0.3 is 9.42 Å². The van der Waals surface area contributed by atoms with E-state index in [1.54, 1.807) is 11.0 Å². The van der Waals surface area contributed by atoms with Crippen molar-refractivity contribution in [3.05, 3.63) is 58.6 Å². The van der Waals surface area contributed by atoms with Crippen molar-refractivity contribution >= 4 is 17.5 Å². The van der Waals surface area contributed by atoms with Gasteiger partial charge in [0, 0.05) is 37.6 Å². The molecule has 1 amide bonds. The molecule has 3 heterocycles. The Hall–Kier alpha value is -2.81. The zero-order valence-electron chi connectivity index (χ0n) is 15.8. The van der Waals surface area contributed by atoms with Crippen molar-refractivity contribution in [3.8, 4) is 11.3 Å². The number of benzene rings is 1. The second kappa shape index (κ2) is 8.14. The van der Waals surface area contributed by atoms with Crippen LogP contribution >= 0.6 is 11.6 Å². The number of alkyl halides is 3. The number of rotatable bonds is 4. The number of halogens is 4. The van der Waals surface area contributed by atoms with Gasteiger partial charge in [0.05, 0.1) is 23.5 Å². The van der Waals surface area contributed by atoms with Crippen molar-refractivity contribution in [2.75, 3.05) is 6.54 Å². The molecular formula is C20H18ClF3N4O2. The molecule has 0 spiro atoms. The molecule has 3 aromatic rings.